The summed E-state index contributed by atoms with van der Waals surface area (Å²) < 4.78 is 13.7. The van der Waals surface area contributed by atoms with Crippen molar-refractivity contribution in [1.82, 2.24) is 4.57 Å². The molecule has 1 aromatic heterocycles. The van der Waals surface area contributed by atoms with Crippen molar-refractivity contribution in [3.63, 3.8) is 0 Å². The van der Waals surface area contributed by atoms with Crippen LogP contribution in [-0.2, 0) is 7.05 Å². The molecule has 0 atom stereocenters. The second-order valence-corrected chi connectivity index (χ2v) is 7.73. The zero-order chi connectivity index (χ0) is 22.7. The minimum absolute atomic E-state index is 0.00988. The number of carbonyl (C=O) groups is 1. The topological polar surface area (TPSA) is 57.5 Å². The van der Waals surface area contributed by atoms with Crippen molar-refractivity contribution >= 4 is 16.7 Å². The van der Waals surface area contributed by atoms with E-state index in [4.69, 9.17) is 9.47 Å². The predicted molar refractivity (Wildman–Crippen MR) is 127 cm³/mol. The van der Waals surface area contributed by atoms with Gasteiger partial charge in [-0.3, -0.25) is 9.59 Å². The minimum Gasteiger partial charge on any atom is -0.490 e. The van der Waals surface area contributed by atoms with Gasteiger partial charge in [0.25, 0.3) is 0 Å². The molecule has 162 valence electrons. The van der Waals surface area contributed by atoms with Crippen molar-refractivity contribution in [3.8, 4) is 22.8 Å². The van der Waals surface area contributed by atoms with Gasteiger partial charge in [0.1, 0.15) is 19.0 Å². The second-order valence-electron chi connectivity index (χ2n) is 7.73. The summed E-state index contributed by atoms with van der Waals surface area (Å²) in [5.41, 5.74) is 4.14. The van der Waals surface area contributed by atoms with Gasteiger partial charge >= 0.3 is 0 Å². The van der Waals surface area contributed by atoms with Crippen LogP contribution in [0.3, 0.4) is 0 Å². The van der Waals surface area contributed by atoms with Gasteiger partial charge in [0, 0.05) is 23.6 Å². The van der Waals surface area contributed by atoms with E-state index in [2.05, 4.69) is 0 Å². The lowest BCUT2D eigenvalue weighted by atomic mass is 10.1. The van der Waals surface area contributed by atoms with Gasteiger partial charge in [0.05, 0.1) is 11.2 Å². The summed E-state index contributed by atoms with van der Waals surface area (Å²) in [4.78, 5) is 24.7. The molecule has 0 radical (unpaired) electrons. The first-order valence-electron chi connectivity index (χ1n) is 10.5. The van der Waals surface area contributed by atoms with Gasteiger partial charge in [-0.15, -0.1) is 0 Å². The van der Waals surface area contributed by atoms with Crippen molar-refractivity contribution in [2.45, 2.75) is 13.8 Å². The maximum absolute atomic E-state index is 13.3. The molecule has 4 aromatic rings. The number of para-hydroxylation sites is 1. The lowest BCUT2D eigenvalue weighted by Gasteiger charge is -2.18. The molecule has 4 rings (SSSR count). The van der Waals surface area contributed by atoms with Crippen LogP contribution < -0.4 is 14.9 Å². The number of aryl methyl sites for hydroxylation is 2. The maximum atomic E-state index is 13.3. The van der Waals surface area contributed by atoms with Crippen LogP contribution in [0.15, 0.2) is 77.6 Å². The Labute approximate surface area is 186 Å². The second kappa shape index (κ2) is 9.10. The van der Waals surface area contributed by atoms with E-state index in [1.165, 1.54) is 6.92 Å². The molecule has 0 aliphatic rings. The normalized spacial score (nSPS) is 10.8. The minimum atomic E-state index is -0.139. The summed E-state index contributed by atoms with van der Waals surface area (Å²) in [6, 6.07) is 22.5. The fourth-order valence-electron chi connectivity index (χ4n) is 3.72. The molecule has 32 heavy (non-hydrogen) atoms. The molecule has 5 nitrogen and oxygen atoms in total. The standard InChI is InChI=1S/C27H25NO4/c1-18-8-10-21(11-9-18)25-27(26(30)23-6-4-5-7-24(23)28(25)3)32-17-16-31-22-14-12-20(13-15-22)19(2)29/h4-15H,16-17H2,1-3H3. The average molecular weight is 428 g/mol. The highest BCUT2D eigenvalue weighted by Crippen LogP contribution is 2.30. The number of aromatic nitrogens is 1. The highest BCUT2D eigenvalue weighted by atomic mass is 16.5. The van der Waals surface area contributed by atoms with E-state index in [-0.39, 0.29) is 24.4 Å². The number of nitrogens with zero attached hydrogens (tertiary/aromatic N) is 1. The summed E-state index contributed by atoms with van der Waals surface area (Å²) in [7, 11) is 1.94. The van der Waals surface area contributed by atoms with Gasteiger partial charge in [-0.25, -0.2) is 0 Å². The predicted octanol–water partition coefficient (Wildman–Crippen LogP) is 5.17. The van der Waals surface area contributed by atoms with Crippen LogP contribution in [0.4, 0.5) is 0 Å². The smallest absolute Gasteiger partial charge is 0.231 e. The van der Waals surface area contributed by atoms with Gasteiger partial charge in [-0.1, -0.05) is 42.0 Å². The first-order chi connectivity index (χ1) is 15.5. The third kappa shape index (κ3) is 4.28. The van der Waals surface area contributed by atoms with Crippen molar-refractivity contribution in [3.05, 3.63) is 94.1 Å². The Morgan fingerprint density at radius 2 is 1.53 bits per heavy atom. The number of hydrogen-bond acceptors (Lipinski definition) is 4. The zero-order valence-electron chi connectivity index (χ0n) is 18.4. The Balaban J connectivity index is 1.61. The van der Waals surface area contributed by atoms with Crippen molar-refractivity contribution in [2.75, 3.05) is 13.2 Å². The number of carbonyl (C=O) groups excluding carboxylic acids is 1. The Bertz CT molecular complexity index is 1320. The third-order valence-corrected chi connectivity index (χ3v) is 5.45. The van der Waals surface area contributed by atoms with E-state index in [0.29, 0.717) is 22.4 Å². The monoisotopic (exact) mass is 427 g/mol. The van der Waals surface area contributed by atoms with E-state index >= 15 is 0 Å². The Morgan fingerprint density at radius 1 is 0.875 bits per heavy atom. The highest BCUT2D eigenvalue weighted by molar-refractivity contribution is 5.94. The van der Waals surface area contributed by atoms with Crippen LogP contribution in [0.2, 0.25) is 0 Å². The first-order valence-corrected chi connectivity index (χ1v) is 10.5. The molecule has 0 saturated heterocycles. The summed E-state index contributed by atoms with van der Waals surface area (Å²) >= 11 is 0. The lowest BCUT2D eigenvalue weighted by Crippen LogP contribution is -2.18. The van der Waals surface area contributed by atoms with Gasteiger partial charge < -0.3 is 14.0 Å². The number of hydrogen-bond donors (Lipinski definition) is 0. The Morgan fingerprint density at radius 3 is 2.22 bits per heavy atom. The van der Waals surface area contributed by atoms with Gasteiger partial charge in [0.15, 0.2) is 11.5 Å². The molecule has 0 spiro atoms. The average Bonchev–Trinajstić information content (AvgIpc) is 2.81. The molecule has 5 heteroatoms. The van der Waals surface area contributed by atoms with Gasteiger partial charge in [-0.2, -0.15) is 0 Å². The van der Waals surface area contributed by atoms with Gasteiger partial charge in [-0.05, 0) is 50.2 Å². The molecule has 0 bridgehead atoms. The van der Waals surface area contributed by atoms with E-state index < -0.39 is 0 Å². The maximum Gasteiger partial charge on any atom is 0.231 e. The summed E-state index contributed by atoms with van der Waals surface area (Å²) in [6.45, 7) is 4.03. The largest absolute Gasteiger partial charge is 0.490 e. The molecule has 0 N–H and O–H groups in total. The van der Waals surface area contributed by atoms with E-state index in [9.17, 15) is 9.59 Å². The number of fused-ring (bicyclic) bond motifs is 1. The van der Waals surface area contributed by atoms with Gasteiger partial charge in [0.2, 0.25) is 5.43 Å². The molecule has 0 aliphatic heterocycles. The highest BCUT2D eigenvalue weighted by Gasteiger charge is 2.18. The van der Waals surface area contributed by atoms with Crippen LogP contribution in [0.5, 0.6) is 11.5 Å². The molecule has 0 fully saturated rings. The lowest BCUT2D eigenvalue weighted by molar-refractivity contribution is 0.101. The summed E-state index contributed by atoms with van der Waals surface area (Å²) in [6.07, 6.45) is 0. The zero-order valence-corrected chi connectivity index (χ0v) is 18.4. The molecule has 1 heterocycles. The molecular weight excluding hydrogens is 402 g/mol. The van der Waals surface area contributed by atoms with Crippen molar-refractivity contribution in [1.29, 1.82) is 0 Å². The number of rotatable bonds is 7. The van der Waals surface area contributed by atoms with Crippen LogP contribution in [-0.4, -0.2) is 23.6 Å². The molecule has 0 saturated carbocycles. The number of ether oxygens (including phenoxy) is 2. The van der Waals surface area contributed by atoms with Crippen molar-refractivity contribution < 1.29 is 14.3 Å². The Hall–Kier alpha value is -3.86. The summed E-state index contributed by atoms with van der Waals surface area (Å²) in [5.74, 6) is 0.963. The van der Waals surface area contributed by atoms with Crippen LogP contribution in [0.25, 0.3) is 22.2 Å². The number of pyridine rings is 1. The van der Waals surface area contributed by atoms with E-state index in [1.807, 2.05) is 67.1 Å². The molecule has 0 unspecified atom stereocenters. The van der Waals surface area contributed by atoms with Crippen LogP contribution >= 0.6 is 0 Å². The molecule has 0 aliphatic carbocycles. The number of ketones is 1. The molecule has 0 amide bonds. The number of benzene rings is 3. The SMILES string of the molecule is CC(=O)c1ccc(OCCOc2c(-c3ccc(C)cc3)n(C)c3ccccc3c2=O)cc1. The number of Topliss-reactive ketones (excluding diaryl/α,β-unsaturated/α-hetero) is 1. The first kappa shape index (κ1) is 21.4. The van der Waals surface area contributed by atoms with E-state index in [1.54, 1.807) is 24.3 Å². The van der Waals surface area contributed by atoms with Crippen LogP contribution in [0.1, 0.15) is 22.8 Å². The van der Waals surface area contributed by atoms with E-state index in [0.717, 1.165) is 22.3 Å². The Kier molecular flexibility index (Phi) is 6.08. The van der Waals surface area contributed by atoms with Crippen molar-refractivity contribution in [2.24, 2.45) is 7.05 Å². The molecule has 3 aromatic carbocycles. The van der Waals surface area contributed by atoms with Crippen LogP contribution in [0, 0.1) is 6.92 Å². The fraction of sp³-hybridized carbons (Fsp3) is 0.185. The quantitative estimate of drug-likeness (QED) is 0.301. The molecular formula is C27H25NO4. The fourth-order valence-corrected chi connectivity index (χ4v) is 3.72. The third-order valence-electron chi connectivity index (χ3n) is 5.45. The summed E-state index contributed by atoms with van der Waals surface area (Å²) in [5, 5.41) is 0.613.